The zero-order chi connectivity index (χ0) is 16.1. The highest BCUT2D eigenvalue weighted by Gasteiger charge is 2.23. The van der Waals surface area contributed by atoms with Gasteiger partial charge in [0.15, 0.2) is 0 Å². The molecule has 1 aromatic carbocycles. The fraction of sp³-hybridized carbons (Fsp3) is 0.611. The molecule has 5 nitrogen and oxygen atoms in total. The summed E-state index contributed by atoms with van der Waals surface area (Å²) in [5, 5.41) is 9.08. The lowest BCUT2D eigenvalue weighted by molar-refractivity contribution is -0.134. The number of aliphatic hydroxyl groups excluding tert-OH is 1. The van der Waals surface area contributed by atoms with E-state index in [1.54, 1.807) is 0 Å². The van der Waals surface area contributed by atoms with Crippen molar-refractivity contribution in [3.05, 3.63) is 35.4 Å². The van der Waals surface area contributed by atoms with Gasteiger partial charge in [-0.05, 0) is 37.1 Å². The topological polar surface area (TPSA) is 47.0 Å². The average Bonchev–Trinajstić information content (AvgIpc) is 3.09. The van der Waals surface area contributed by atoms with Crippen molar-refractivity contribution in [2.24, 2.45) is 0 Å². The fourth-order valence-electron chi connectivity index (χ4n) is 3.40. The van der Waals surface area contributed by atoms with E-state index >= 15 is 0 Å². The fourth-order valence-corrected chi connectivity index (χ4v) is 3.40. The number of hydrogen-bond acceptors (Lipinski definition) is 4. The van der Waals surface area contributed by atoms with Crippen molar-refractivity contribution in [1.82, 2.24) is 14.7 Å². The molecule has 1 aromatic rings. The molecule has 2 aliphatic heterocycles. The van der Waals surface area contributed by atoms with Gasteiger partial charge in [-0.2, -0.15) is 0 Å². The average molecular weight is 317 g/mol. The van der Waals surface area contributed by atoms with Crippen LogP contribution in [0.4, 0.5) is 0 Å². The van der Waals surface area contributed by atoms with E-state index in [4.69, 9.17) is 5.11 Å². The first-order chi connectivity index (χ1) is 11.2. The van der Waals surface area contributed by atoms with Crippen LogP contribution in [0, 0.1) is 0 Å². The Bertz CT molecular complexity index is 504. The monoisotopic (exact) mass is 317 g/mol. The van der Waals surface area contributed by atoms with Gasteiger partial charge in [0.1, 0.15) is 0 Å². The highest BCUT2D eigenvalue weighted by molar-refractivity contribution is 5.78. The Morgan fingerprint density at radius 3 is 2.09 bits per heavy atom. The van der Waals surface area contributed by atoms with Crippen molar-refractivity contribution in [2.75, 3.05) is 45.8 Å². The summed E-state index contributed by atoms with van der Waals surface area (Å²) in [6, 6.07) is 8.11. The van der Waals surface area contributed by atoms with E-state index in [0.29, 0.717) is 12.5 Å². The molecular formula is C18H27N3O2. The van der Waals surface area contributed by atoms with Gasteiger partial charge in [0.25, 0.3) is 0 Å². The Hall–Kier alpha value is -1.43. The Kier molecular flexibility index (Phi) is 5.65. The van der Waals surface area contributed by atoms with Crippen LogP contribution in [0.5, 0.6) is 0 Å². The number of benzene rings is 1. The minimum Gasteiger partial charge on any atom is -0.392 e. The van der Waals surface area contributed by atoms with Gasteiger partial charge in [0, 0.05) is 32.7 Å². The van der Waals surface area contributed by atoms with Crippen LogP contribution < -0.4 is 0 Å². The van der Waals surface area contributed by atoms with Crippen molar-refractivity contribution in [2.45, 2.75) is 26.0 Å². The molecule has 23 heavy (non-hydrogen) atoms. The summed E-state index contributed by atoms with van der Waals surface area (Å²) in [5.41, 5.74) is 2.21. The van der Waals surface area contributed by atoms with Gasteiger partial charge >= 0.3 is 0 Å². The molecule has 3 rings (SSSR count). The van der Waals surface area contributed by atoms with Gasteiger partial charge in [-0.1, -0.05) is 24.3 Å². The van der Waals surface area contributed by atoms with Gasteiger partial charge in [0.2, 0.25) is 5.91 Å². The second kappa shape index (κ2) is 7.90. The van der Waals surface area contributed by atoms with Gasteiger partial charge in [-0.3, -0.25) is 14.6 Å². The Labute approximate surface area is 138 Å². The van der Waals surface area contributed by atoms with Crippen LogP contribution in [-0.4, -0.2) is 71.5 Å². The summed E-state index contributed by atoms with van der Waals surface area (Å²) < 4.78 is 0. The largest absolute Gasteiger partial charge is 0.392 e. The Morgan fingerprint density at radius 2 is 1.48 bits per heavy atom. The SMILES string of the molecule is O=C(CN1CCCC1)N1CCN(Cc2ccc(CO)cc2)CC1. The zero-order valence-electron chi connectivity index (χ0n) is 13.8. The summed E-state index contributed by atoms with van der Waals surface area (Å²) in [7, 11) is 0. The van der Waals surface area contributed by atoms with Crippen LogP contribution >= 0.6 is 0 Å². The van der Waals surface area contributed by atoms with Crippen molar-refractivity contribution < 1.29 is 9.90 Å². The summed E-state index contributed by atoms with van der Waals surface area (Å²) in [6.45, 7) is 7.31. The molecule has 0 atom stereocenters. The third kappa shape index (κ3) is 4.53. The lowest BCUT2D eigenvalue weighted by Crippen LogP contribution is -2.50. The molecule has 0 aliphatic carbocycles. The lowest BCUT2D eigenvalue weighted by Gasteiger charge is -2.35. The molecule has 2 fully saturated rings. The van der Waals surface area contributed by atoms with E-state index in [1.807, 2.05) is 17.0 Å². The van der Waals surface area contributed by atoms with E-state index in [9.17, 15) is 4.79 Å². The predicted molar refractivity (Wildman–Crippen MR) is 89.9 cm³/mol. The number of amides is 1. The van der Waals surface area contributed by atoms with Gasteiger partial charge in [0.05, 0.1) is 13.2 Å². The summed E-state index contributed by atoms with van der Waals surface area (Å²) >= 11 is 0. The third-order valence-electron chi connectivity index (χ3n) is 4.89. The van der Waals surface area contributed by atoms with Crippen molar-refractivity contribution >= 4 is 5.91 Å². The number of rotatable bonds is 5. The summed E-state index contributed by atoms with van der Waals surface area (Å²) in [4.78, 5) is 19.0. The van der Waals surface area contributed by atoms with E-state index in [-0.39, 0.29) is 6.61 Å². The van der Waals surface area contributed by atoms with Crippen LogP contribution in [0.15, 0.2) is 24.3 Å². The summed E-state index contributed by atoms with van der Waals surface area (Å²) in [6.07, 6.45) is 2.46. The highest BCUT2D eigenvalue weighted by atomic mass is 16.3. The molecule has 0 radical (unpaired) electrons. The molecule has 0 bridgehead atoms. The first-order valence-corrected chi connectivity index (χ1v) is 8.66. The predicted octanol–water partition coefficient (Wildman–Crippen LogP) is 0.919. The number of carbonyl (C=O) groups is 1. The van der Waals surface area contributed by atoms with Crippen molar-refractivity contribution in [1.29, 1.82) is 0 Å². The maximum Gasteiger partial charge on any atom is 0.236 e. The van der Waals surface area contributed by atoms with Gasteiger partial charge in [-0.15, -0.1) is 0 Å². The van der Waals surface area contributed by atoms with Crippen molar-refractivity contribution in [3.63, 3.8) is 0 Å². The van der Waals surface area contributed by atoms with E-state index < -0.39 is 0 Å². The first-order valence-electron chi connectivity index (χ1n) is 8.66. The first kappa shape index (κ1) is 16.4. The van der Waals surface area contributed by atoms with Crippen LogP contribution in [0.25, 0.3) is 0 Å². The number of nitrogens with zero attached hydrogens (tertiary/aromatic N) is 3. The maximum absolute atomic E-state index is 12.3. The highest BCUT2D eigenvalue weighted by Crippen LogP contribution is 2.12. The molecule has 0 spiro atoms. The Morgan fingerprint density at radius 1 is 0.870 bits per heavy atom. The molecule has 0 aromatic heterocycles. The standard InChI is InChI=1S/C18H27N3O2/c22-15-17-5-3-16(4-6-17)13-20-9-11-21(12-10-20)18(23)14-19-7-1-2-8-19/h3-6,22H,1-2,7-15H2. The van der Waals surface area contributed by atoms with Crippen LogP contribution in [-0.2, 0) is 17.9 Å². The minimum atomic E-state index is 0.0953. The molecule has 0 saturated carbocycles. The normalized spacial score (nSPS) is 20.1. The van der Waals surface area contributed by atoms with Crippen LogP contribution in [0.2, 0.25) is 0 Å². The van der Waals surface area contributed by atoms with Crippen LogP contribution in [0.1, 0.15) is 24.0 Å². The number of carbonyl (C=O) groups excluding carboxylic acids is 1. The van der Waals surface area contributed by atoms with Crippen molar-refractivity contribution in [3.8, 4) is 0 Å². The second-order valence-corrected chi connectivity index (χ2v) is 6.61. The number of piperazine rings is 1. The lowest BCUT2D eigenvalue weighted by atomic mass is 10.1. The molecular weight excluding hydrogens is 290 g/mol. The number of hydrogen-bond donors (Lipinski definition) is 1. The van der Waals surface area contributed by atoms with E-state index in [2.05, 4.69) is 21.9 Å². The molecule has 2 saturated heterocycles. The van der Waals surface area contributed by atoms with E-state index in [1.165, 1.54) is 18.4 Å². The molecule has 0 unspecified atom stereocenters. The maximum atomic E-state index is 12.3. The second-order valence-electron chi connectivity index (χ2n) is 6.61. The smallest absolute Gasteiger partial charge is 0.236 e. The number of likely N-dealkylation sites (tertiary alicyclic amines) is 1. The van der Waals surface area contributed by atoms with E-state index in [0.717, 1.165) is 51.4 Å². The summed E-state index contributed by atoms with van der Waals surface area (Å²) in [5.74, 6) is 0.291. The van der Waals surface area contributed by atoms with Gasteiger partial charge < -0.3 is 10.0 Å². The molecule has 2 heterocycles. The quantitative estimate of drug-likeness (QED) is 0.877. The zero-order valence-corrected chi connectivity index (χ0v) is 13.8. The van der Waals surface area contributed by atoms with Gasteiger partial charge in [-0.25, -0.2) is 0 Å². The molecule has 2 aliphatic rings. The minimum absolute atomic E-state index is 0.0953. The third-order valence-corrected chi connectivity index (χ3v) is 4.89. The molecule has 126 valence electrons. The number of aliphatic hydroxyl groups is 1. The molecule has 1 N–H and O–H groups in total. The molecule has 1 amide bonds. The Balaban J connectivity index is 1.43. The molecule has 5 heteroatoms. The van der Waals surface area contributed by atoms with Crippen LogP contribution in [0.3, 0.4) is 0 Å².